The van der Waals surface area contributed by atoms with Crippen molar-refractivity contribution in [2.75, 3.05) is 0 Å². The van der Waals surface area contributed by atoms with E-state index in [9.17, 15) is 9.90 Å². The molecule has 1 aromatic carbocycles. The van der Waals surface area contributed by atoms with Gasteiger partial charge in [0.15, 0.2) is 4.77 Å². The van der Waals surface area contributed by atoms with Gasteiger partial charge in [-0.25, -0.2) is 4.99 Å². The minimum Gasteiger partial charge on any atom is -0.494 e. The molecular weight excluding hydrogens is 358 g/mol. The summed E-state index contributed by atoms with van der Waals surface area (Å²) in [5.74, 6) is -0.174. The Balaban J connectivity index is 1.94. The number of nitrogens with one attached hydrogen (secondary N) is 1. The van der Waals surface area contributed by atoms with Crippen LogP contribution in [0.5, 0.6) is 5.88 Å². The van der Waals surface area contributed by atoms with Gasteiger partial charge >= 0.3 is 0 Å². The third-order valence-electron chi connectivity index (χ3n) is 4.20. The van der Waals surface area contributed by atoms with Crippen LogP contribution in [0.15, 0.2) is 82.8 Å². The number of H-pyrrole nitrogens is 1. The normalized spacial score (nSPS) is 14.4. The first-order chi connectivity index (χ1) is 13.0. The smallest absolute Gasteiger partial charge is 0.262 e. The summed E-state index contributed by atoms with van der Waals surface area (Å²) < 4.78 is 1.70. The summed E-state index contributed by atoms with van der Waals surface area (Å²) in [6.07, 6.45) is 7.35. The van der Waals surface area contributed by atoms with E-state index < -0.39 is 5.56 Å². The van der Waals surface area contributed by atoms with Gasteiger partial charge in [0.05, 0.1) is 11.4 Å². The molecule has 0 spiro atoms. The van der Waals surface area contributed by atoms with Gasteiger partial charge in [-0.1, -0.05) is 49.6 Å². The second-order valence-electron chi connectivity index (χ2n) is 6.01. The van der Waals surface area contributed by atoms with E-state index in [1.54, 1.807) is 18.2 Å². The molecule has 0 radical (unpaired) electrons. The fourth-order valence-corrected chi connectivity index (χ4v) is 2.96. The lowest BCUT2D eigenvalue weighted by Crippen LogP contribution is -2.17. The van der Waals surface area contributed by atoms with Crippen molar-refractivity contribution in [3.8, 4) is 5.88 Å². The first-order valence-corrected chi connectivity index (χ1v) is 8.80. The zero-order valence-corrected chi connectivity index (χ0v) is 15.5. The number of hydrogen-bond acceptors (Lipinski definition) is 4. The molecule has 6 heteroatoms. The number of allylic oxidation sites excluding steroid dienone is 4. The summed E-state index contributed by atoms with van der Waals surface area (Å²) in [5.41, 5.74) is 2.67. The highest BCUT2D eigenvalue weighted by Gasteiger charge is 2.13. The van der Waals surface area contributed by atoms with Gasteiger partial charge in [-0.15, -0.1) is 0 Å². The number of aromatic amines is 1. The highest BCUT2D eigenvalue weighted by molar-refractivity contribution is 7.71. The number of aromatic nitrogens is 2. The molecule has 0 aliphatic carbocycles. The molecule has 2 heterocycles. The maximum absolute atomic E-state index is 12.3. The molecule has 0 fully saturated rings. The summed E-state index contributed by atoms with van der Waals surface area (Å²) in [6, 6.07) is 9.86. The van der Waals surface area contributed by atoms with E-state index in [2.05, 4.69) is 23.1 Å². The molecule has 1 aliphatic heterocycles. The molecule has 0 amide bonds. The van der Waals surface area contributed by atoms with Gasteiger partial charge in [0, 0.05) is 6.54 Å². The van der Waals surface area contributed by atoms with Crippen LogP contribution in [0.4, 0.5) is 0 Å². The molecule has 2 aromatic rings. The number of aryl methyl sites for hydroxylation is 1. The average molecular weight is 377 g/mol. The molecule has 1 aliphatic rings. The third-order valence-corrected chi connectivity index (χ3v) is 4.53. The van der Waals surface area contributed by atoms with E-state index in [-0.39, 0.29) is 16.2 Å². The first kappa shape index (κ1) is 18.5. The molecule has 5 nitrogen and oxygen atoms in total. The topological polar surface area (TPSA) is 70.4 Å². The lowest BCUT2D eigenvalue weighted by Gasteiger charge is -2.11. The van der Waals surface area contributed by atoms with E-state index in [1.165, 1.54) is 10.6 Å². The molecule has 0 atom stereocenters. The zero-order valence-electron chi connectivity index (χ0n) is 14.7. The van der Waals surface area contributed by atoms with E-state index in [1.807, 2.05) is 30.3 Å². The van der Waals surface area contributed by atoms with Gasteiger partial charge in [0.1, 0.15) is 5.56 Å². The number of aromatic hydroxyl groups is 1. The lowest BCUT2D eigenvalue weighted by molar-refractivity contribution is 0.402. The largest absolute Gasteiger partial charge is 0.494 e. The molecular formula is C21H19N3O2S. The standard InChI is InChI=1S/C21H19N3O2S/c1-3-14(2)18-10-9-16(22-18)13-17-19(25)23-21(27)24(20(17)26)12-11-15-7-5-4-6-8-15/h3-10,13,26H,1-2,11-12H2,(H,23,25,27). The minimum absolute atomic E-state index is 0.116. The van der Waals surface area contributed by atoms with Crippen molar-refractivity contribution in [2.45, 2.75) is 13.0 Å². The predicted octanol–water partition coefficient (Wildman–Crippen LogP) is 3.95. The lowest BCUT2D eigenvalue weighted by atomic mass is 10.1. The van der Waals surface area contributed by atoms with Crippen LogP contribution in [0.2, 0.25) is 0 Å². The summed E-state index contributed by atoms with van der Waals surface area (Å²) >= 11 is 5.22. The van der Waals surface area contributed by atoms with Crippen molar-refractivity contribution >= 4 is 24.0 Å². The summed E-state index contributed by atoms with van der Waals surface area (Å²) in [5, 5.41) is 10.6. The summed E-state index contributed by atoms with van der Waals surface area (Å²) in [7, 11) is 0. The SMILES string of the molecule is C=CC(=C)C1=NC(=Cc2c(O)n(CCc3ccccc3)c(=S)[nH]c2=O)C=C1. The van der Waals surface area contributed by atoms with Crippen LogP contribution >= 0.6 is 12.2 Å². The van der Waals surface area contributed by atoms with Crippen LogP contribution in [0, 0.1) is 4.77 Å². The van der Waals surface area contributed by atoms with Gasteiger partial charge in [-0.2, -0.15) is 0 Å². The summed E-state index contributed by atoms with van der Waals surface area (Å²) in [6.45, 7) is 7.96. The number of hydrogen-bond donors (Lipinski definition) is 2. The molecule has 0 saturated heterocycles. The third kappa shape index (κ3) is 4.12. The Bertz CT molecular complexity index is 1100. The number of rotatable bonds is 6. The van der Waals surface area contributed by atoms with Crippen LogP contribution in [0.25, 0.3) is 6.08 Å². The van der Waals surface area contributed by atoms with E-state index >= 15 is 0 Å². The van der Waals surface area contributed by atoms with Gasteiger partial charge in [-0.3, -0.25) is 14.3 Å². The fraction of sp³-hybridized carbons (Fsp3) is 0.0952. The van der Waals surface area contributed by atoms with Crippen LogP contribution in [0.1, 0.15) is 11.1 Å². The minimum atomic E-state index is -0.458. The van der Waals surface area contributed by atoms with Gasteiger partial charge in [0.2, 0.25) is 5.88 Å². The molecule has 0 saturated carbocycles. The predicted molar refractivity (Wildman–Crippen MR) is 112 cm³/mol. The maximum atomic E-state index is 12.3. The van der Waals surface area contributed by atoms with E-state index in [4.69, 9.17) is 12.2 Å². The molecule has 0 unspecified atom stereocenters. The van der Waals surface area contributed by atoms with Crippen LogP contribution < -0.4 is 5.56 Å². The van der Waals surface area contributed by atoms with Gasteiger partial charge in [-0.05, 0) is 48.0 Å². The molecule has 0 bridgehead atoms. The van der Waals surface area contributed by atoms with Crippen LogP contribution in [0.3, 0.4) is 0 Å². The highest BCUT2D eigenvalue weighted by atomic mass is 32.1. The first-order valence-electron chi connectivity index (χ1n) is 8.40. The highest BCUT2D eigenvalue weighted by Crippen LogP contribution is 2.21. The second-order valence-corrected chi connectivity index (χ2v) is 6.40. The number of benzene rings is 1. The van der Waals surface area contributed by atoms with Crippen molar-refractivity contribution in [3.05, 3.63) is 99.2 Å². The molecule has 3 rings (SSSR count). The van der Waals surface area contributed by atoms with Crippen LogP contribution in [-0.4, -0.2) is 20.4 Å². The molecule has 27 heavy (non-hydrogen) atoms. The fourth-order valence-electron chi connectivity index (χ4n) is 2.69. The number of nitrogens with zero attached hydrogens (tertiary/aromatic N) is 2. The molecule has 136 valence electrons. The maximum Gasteiger partial charge on any atom is 0.262 e. The van der Waals surface area contributed by atoms with Crippen molar-refractivity contribution in [2.24, 2.45) is 4.99 Å². The average Bonchev–Trinajstić information content (AvgIpc) is 3.14. The van der Waals surface area contributed by atoms with Gasteiger partial charge < -0.3 is 5.11 Å². The monoisotopic (exact) mass is 377 g/mol. The van der Waals surface area contributed by atoms with E-state index in [0.29, 0.717) is 29.9 Å². The molecule has 1 aromatic heterocycles. The molecule has 2 N–H and O–H groups in total. The van der Waals surface area contributed by atoms with Crippen molar-refractivity contribution < 1.29 is 5.11 Å². The summed E-state index contributed by atoms with van der Waals surface area (Å²) in [4.78, 5) is 19.3. The van der Waals surface area contributed by atoms with Crippen LogP contribution in [-0.2, 0) is 13.0 Å². The Hall–Kier alpha value is -3.25. The van der Waals surface area contributed by atoms with Crippen molar-refractivity contribution in [3.63, 3.8) is 0 Å². The zero-order chi connectivity index (χ0) is 19.4. The van der Waals surface area contributed by atoms with Crippen molar-refractivity contribution in [1.29, 1.82) is 0 Å². The number of aliphatic imine (C=N–C) groups is 1. The Kier molecular flexibility index (Phi) is 5.47. The Morgan fingerprint density at radius 2 is 2.04 bits per heavy atom. The Morgan fingerprint density at radius 1 is 1.30 bits per heavy atom. The quantitative estimate of drug-likeness (QED) is 0.592. The van der Waals surface area contributed by atoms with Gasteiger partial charge in [0.25, 0.3) is 5.56 Å². The van der Waals surface area contributed by atoms with E-state index in [0.717, 1.165) is 5.56 Å². The second kappa shape index (κ2) is 7.97. The Morgan fingerprint density at radius 3 is 2.74 bits per heavy atom. The Labute approximate surface area is 162 Å². The van der Waals surface area contributed by atoms with Crippen molar-refractivity contribution in [1.82, 2.24) is 9.55 Å².